The lowest BCUT2D eigenvalue weighted by Gasteiger charge is -2.69. The Kier molecular flexibility index (Phi) is 8.53. The Hall–Kier alpha value is -2.09. The zero-order chi connectivity index (χ0) is 35.5. The minimum atomic E-state index is -1.76. The van der Waals surface area contributed by atoms with Crippen molar-refractivity contribution in [1.29, 1.82) is 0 Å². The van der Waals surface area contributed by atoms with Crippen molar-refractivity contribution in [2.45, 2.75) is 123 Å². The number of aliphatic hydroxyl groups is 5. The van der Waals surface area contributed by atoms with Gasteiger partial charge in [-0.15, -0.1) is 0 Å². The predicted octanol–water partition coefficient (Wildman–Crippen LogP) is 2.33. The third-order valence-corrected chi connectivity index (χ3v) is 15.4. The second-order valence-electron chi connectivity index (χ2n) is 17.2. The molecule has 0 bridgehead atoms. The molecule has 7 N–H and O–H groups in total. The lowest BCUT2D eigenvalue weighted by Crippen LogP contribution is -2.69. The van der Waals surface area contributed by atoms with E-state index in [9.17, 15) is 50.1 Å². The smallest absolute Gasteiger partial charge is 0.314 e. The van der Waals surface area contributed by atoms with Crippen molar-refractivity contribution in [1.82, 2.24) is 0 Å². The summed E-state index contributed by atoms with van der Waals surface area (Å²) in [5.74, 6) is -5.28. The summed E-state index contributed by atoms with van der Waals surface area (Å²) in [5, 5.41) is 74.4. The monoisotopic (exact) mass is 678 g/mol. The molecule has 1 saturated heterocycles. The van der Waals surface area contributed by atoms with Crippen LogP contribution >= 0.6 is 0 Å². The van der Waals surface area contributed by atoms with E-state index >= 15 is 0 Å². The van der Waals surface area contributed by atoms with Gasteiger partial charge in [-0.1, -0.05) is 39.8 Å². The van der Waals surface area contributed by atoms with Gasteiger partial charge in [-0.3, -0.25) is 14.4 Å². The van der Waals surface area contributed by atoms with Crippen LogP contribution in [-0.4, -0.2) is 97.1 Å². The highest BCUT2D eigenvalue weighted by atomic mass is 16.7. The third-order valence-electron chi connectivity index (χ3n) is 15.4. The van der Waals surface area contributed by atoms with Gasteiger partial charge in [0.25, 0.3) is 0 Å². The van der Waals surface area contributed by atoms with Crippen LogP contribution in [0.1, 0.15) is 86.0 Å². The summed E-state index contributed by atoms with van der Waals surface area (Å²) >= 11 is 0. The number of carboxylic acids is 2. The Balaban J connectivity index is 1.41. The largest absolute Gasteiger partial charge is 0.481 e. The molecule has 0 aromatic rings. The molecule has 0 unspecified atom stereocenters. The van der Waals surface area contributed by atoms with Crippen LogP contribution in [0.25, 0.3) is 0 Å². The van der Waals surface area contributed by atoms with Crippen LogP contribution in [0.4, 0.5) is 0 Å². The number of carbonyl (C=O) groups is 3. The molecule has 0 radical (unpaired) electrons. The van der Waals surface area contributed by atoms with Gasteiger partial charge in [0.2, 0.25) is 6.29 Å². The maximum absolute atomic E-state index is 14.4. The van der Waals surface area contributed by atoms with Crippen molar-refractivity contribution < 1.29 is 59.6 Å². The van der Waals surface area contributed by atoms with Crippen molar-refractivity contribution in [3.8, 4) is 0 Å². The highest BCUT2D eigenvalue weighted by molar-refractivity contribution is 5.82. The molecule has 0 aromatic heterocycles. The normalized spacial score (nSPS) is 52.3. The molecule has 1 aliphatic heterocycles. The first-order valence-electron chi connectivity index (χ1n) is 17.6. The van der Waals surface area contributed by atoms with Crippen LogP contribution in [0.2, 0.25) is 0 Å². The minimum Gasteiger partial charge on any atom is -0.481 e. The number of carboxylic acid groups (broad SMARTS) is 2. The Morgan fingerprint density at radius 3 is 2.10 bits per heavy atom. The average molecular weight is 679 g/mol. The highest BCUT2D eigenvalue weighted by Crippen LogP contribution is 2.79. The van der Waals surface area contributed by atoms with Crippen LogP contribution in [-0.2, 0) is 23.9 Å². The third kappa shape index (κ3) is 4.31. The quantitative estimate of drug-likeness (QED) is 0.159. The molecular weight excluding hydrogens is 624 g/mol. The second-order valence-corrected chi connectivity index (χ2v) is 17.2. The van der Waals surface area contributed by atoms with Crippen molar-refractivity contribution >= 4 is 17.9 Å². The van der Waals surface area contributed by atoms with Crippen LogP contribution in [0, 0.1) is 62.6 Å². The number of ether oxygens (including phenoxy) is 2. The van der Waals surface area contributed by atoms with E-state index in [0.29, 0.717) is 38.5 Å². The first-order valence-corrected chi connectivity index (χ1v) is 17.6. The maximum atomic E-state index is 14.4. The van der Waals surface area contributed by atoms with E-state index < -0.39 is 106 Å². The maximum Gasteiger partial charge on any atom is 0.314 e. The molecule has 6 fully saturated rings. The van der Waals surface area contributed by atoms with Gasteiger partial charge < -0.3 is 45.2 Å². The number of carbonyl (C=O) groups excluding carboxylic acids is 1. The number of fused-ring (bicyclic) bond motifs is 7. The van der Waals surface area contributed by atoms with E-state index in [0.717, 1.165) is 5.57 Å². The predicted molar refractivity (Wildman–Crippen MR) is 169 cm³/mol. The van der Waals surface area contributed by atoms with E-state index in [4.69, 9.17) is 9.47 Å². The lowest BCUT2D eigenvalue weighted by molar-refractivity contribution is -0.298. The van der Waals surface area contributed by atoms with Gasteiger partial charge in [0.15, 0.2) is 0 Å². The van der Waals surface area contributed by atoms with Crippen molar-refractivity contribution in [2.75, 3.05) is 6.61 Å². The molecule has 6 aliphatic rings. The first-order chi connectivity index (χ1) is 22.3. The van der Waals surface area contributed by atoms with Gasteiger partial charge in [0.1, 0.15) is 24.4 Å². The van der Waals surface area contributed by atoms with Crippen molar-refractivity contribution in [2.24, 2.45) is 62.6 Å². The molecule has 5 saturated carbocycles. The van der Waals surface area contributed by atoms with Crippen LogP contribution in [0.3, 0.4) is 0 Å². The van der Waals surface area contributed by atoms with Gasteiger partial charge in [-0.25, -0.2) is 0 Å². The number of aliphatic carboxylic acids is 2. The number of rotatable bonds is 6. The molecule has 16 atom stereocenters. The number of allylic oxidation sites excluding steroid dienone is 1. The summed E-state index contributed by atoms with van der Waals surface area (Å²) in [6.07, 6.45) is -5.63. The summed E-state index contributed by atoms with van der Waals surface area (Å²) in [5.41, 5.74) is -3.95. The number of esters is 1. The van der Waals surface area contributed by atoms with Crippen LogP contribution < -0.4 is 0 Å². The summed E-state index contributed by atoms with van der Waals surface area (Å²) in [4.78, 5) is 41.3. The molecule has 1 heterocycles. The molecule has 270 valence electrons. The number of hydrogen-bond donors (Lipinski definition) is 7. The van der Waals surface area contributed by atoms with E-state index in [1.165, 1.54) is 0 Å². The zero-order valence-corrected chi connectivity index (χ0v) is 28.7. The molecule has 0 aromatic carbocycles. The van der Waals surface area contributed by atoms with E-state index in [2.05, 4.69) is 6.58 Å². The number of aliphatic hydroxyl groups excluding tert-OH is 5. The summed E-state index contributed by atoms with van der Waals surface area (Å²) in [6, 6.07) is 0. The van der Waals surface area contributed by atoms with Gasteiger partial charge in [0.05, 0.1) is 29.5 Å². The molecule has 12 heteroatoms. The Bertz CT molecular complexity index is 1360. The van der Waals surface area contributed by atoms with Gasteiger partial charge in [0, 0.05) is 0 Å². The minimum absolute atomic E-state index is 0.118. The molecule has 0 spiro atoms. The fraction of sp³-hybridized carbons (Fsp3) is 0.861. The topological polar surface area (TPSA) is 211 Å². The Morgan fingerprint density at radius 1 is 0.854 bits per heavy atom. The first kappa shape index (κ1) is 35.7. The molecular formula is C36H54O12. The van der Waals surface area contributed by atoms with Crippen LogP contribution in [0.15, 0.2) is 12.2 Å². The molecule has 6 rings (SSSR count). The summed E-state index contributed by atoms with van der Waals surface area (Å²) in [6.45, 7) is 13.3. The van der Waals surface area contributed by atoms with E-state index in [-0.39, 0.29) is 30.6 Å². The molecule has 12 nitrogen and oxygen atoms in total. The fourth-order valence-electron chi connectivity index (χ4n) is 13.3. The summed E-state index contributed by atoms with van der Waals surface area (Å²) in [7, 11) is 0. The standard InChI is InChI=1S/C36H54O12/c1-16(2)17-9-12-35(31(46)48-29-26(40)25(39)24(38)19(15-37)47-29)13-14-36(30(44)45)18(22(17)35)7-8-21-33(36,5)11-10-20-32(3,4)27(41)23(28(42)43)34(20,21)6/h17-27,29,37-41H,1,7-15H2,2-6H3,(H,42,43)(H,44,45)/t17-,18+,19+,20-,21-,22+,23+,24+,25-,26+,27-,29-,33+,34-,35-,36+/m0/s1. The van der Waals surface area contributed by atoms with E-state index in [1.807, 2.05) is 34.6 Å². The lowest BCUT2D eigenvalue weighted by atomic mass is 9.33. The van der Waals surface area contributed by atoms with E-state index in [1.54, 1.807) is 0 Å². The Labute approximate surface area is 281 Å². The molecule has 48 heavy (non-hydrogen) atoms. The van der Waals surface area contributed by atoms with Gasteiger partial charge >= 0.3 is 17.9 Å². The van der Waals surface area contributed by atoms with Crippen molar-refractivity contribution in [3.63, 3.8) is 0 Å². The van der Waals surface area contributed by atoms with Crippen LogP contribution in [0.5, 0.6) is 0 Å². The SMILES string of the molecule is C=C(C)[C@@H]1CC[C@]2(C(=O)O[C@@H]3O[C@H](CO)[C@@H](O)[C@H](O)[C@H]3O)CC[C@]3(C(=O)O)[C@H](CC[C@@H]4[C@@]5(C)[C@@H](C(=O)O)[C@H](O)C(C)(C)[C@@H]5CC[C@]43C)[C@@H]12. The molecule has 5 aliphatic carbocycles. The van der Waals surface area contributed by atoms with Gasteiger partial charge in [-0.05, 0) is 104 Å². The fourth-order valence-corrected chi connectivity index (χ4v) is 13.3. The van der Waals surface area contributed by atoms with Gasteiger partial charge in [-0.2, -0.15) is 0 Å². The summed E-state index contributed by atoms with van der Waals surface area (Å²) < 4.78 is 11.4. The molecule has 0 amide bonds. The second kappa shape index (κ2) is 11.5. The number of hydrogen-bond acceptors (Lipinski definition) is 10. The highest BCUT2D eigenvalue weighted by Gasteiger charge is 2.79. The average Bonchev–Trinajstić information content (AvgIpc) is 3.48. The Morgan fingerprint density at radius 2 is 1.52 bits per heavy atom. The van der Waals surface area contributed by atoms with Crippen molar-refractivity contribution in [3.05, 3.63) is 12.2 Å². The zero-order valence-electron chi connectivity index (χ0n) is 28.7.